The van der Waals surface area contributed by atoms with E-state index in [2.05, 4.69) is 19.2 Å². The number of nitrogens with one attached hydrogen (secondary N) is 1. The molecule has 30 heavy (non-hydrogen) atoms. The Bertz CT molecular complexity index is 1090. The first kappa shape index (κ1) is 21.6. The number of ether oxygens (including phenoxy) is 1. The zero-order chi connectivity index (χ0) is 21.7. The lowest BCUT2D eigenvalue weighted by Crippen LogP contribution is -2.28. The number of hydrogen-bond donors (Lipinski definition) is 1. The molecule has 3 rings (SSSR count). The summed E-state index contributed by atoms with van der Waals surface area (Å²) in [4.78, 5) is 24.7. The molecule has 3 aromatic rings. The van der Waals surface area contributed by atoms with Gasteiger partial charge in [0.2, 0.25) is 0 Å². The lowest BCUT2D eigenvalue weighted by Gasteiger charge is -2.16. The molecule has 0 bridgehead atoms. The van der Waals surface area contributed by atoms with Gasteiger partial charge in [-0.1, -0.05) is 32.9 Å². The van der Waals surface area contributed by atoms with E-state index in [1.807, 2.05) is 25.1 Å². The van der Waals surface area contributed by atoms with Gasteiger partial charge in [-0.15, -0.1) is 0 Å². The van der Waals surface area contributed by atoms with Crippen LogP contribution in [0.3, 0.4) is 0 Å². The third-order valence-electron chi connectivity index (χ3n) is 4.96. The molecule has 0 saturated heterocycles. The van der Waals surface area contributed by atoms with Crippen molar-refractivity contribution in [3.63, 3.8) is 0 Å². The van der Waals surface area contributed by atoms with E-state index in [4.69, 9.17) is 4.74 Å². The molecule has 5 nitrogen and oxygen atoms in total. The molecule has 0 fully saturated rings. The van der Waals surface area contributed by atoms with Gasteiger partial charge in [-0.3, -0.25) is 9.59 Å². The molecule has 0 aliphatic rings. The van der Waals surface area contributed by atoms with Crippen LogP contribution in [0.1, 0.15) is 44.2 Å². The van der Waals surface area contributed by atoms with Crippen LogP contribution in [0.25, 0.3) is 10.9 Å². The molecule has 0 atom stereocenters. The summed E-state index contributed by atoms with van der Waals surface area (Å²) in [5, 5.41) is 3.77. The predicted molar refractivity (Wildman–Crippen MR) is 116 cm³/mol. The van der Waals surface area contributed by atoms with Gasteiger partial charge in [0.05, 0.1) is 5.52 Å². The number of carbonyl (C=O) groups excluding carboxylic acids is 1. The number of rotatable bonds is 8. The van der Waals surface area contributed by atoms with Crippen LogP contribution in [0, 0.1) is 5.82 Å². The molecule has 0 aliphatic carbocycles. The number of hydrogen-bond acceptors (Lipinski definition) is 3. The summed E-state index contributed by atoms with van der Waals surface area (Å²) in [6.45, 7) is 6.93. The molecule has 1 heterocycles. The van der Waals surface area contributed by atoms with Crippen molar-refractivity contribution >= 4 is 16.8 Å². The molecule has 0 aliphatic heterocycles. The average Bonchev–Trinajstić information content (AvgIpc) is 2.73. The Morgan fingerprint density at radius 3 is 2.53 bits per heavy atom. The van der Waals surface area contributed by atoms with Gasteiger partial charge >= 0.3 is 0 Å². The quantitative estimate of drug-likeness (QED) is 0.600. The van der Waals surface area contributed by atoms with Gasteiger partial charge in [-0.05, 0) is 47.7 Å². The normalized spacial score (nSPS) is 11.1. The van der Waals surface area contributed by atoms with E-state index < -0.39 is 0 Å². The van der Waals surface area contributed by atoms with Crippen molar-refractivity contribution in [2.45, 2.75) is 46.2 Å². The Labute approximate surface area is 175 Å². The van der Waals surface area contributed by atoms with Gasteiger partial charge in [0.25, 0.3) is 11.5 Å². The topological polar surface area (TPSA) is 60.3 Å². The average molecular weight is 410 g/mol. The number of halogens is 1. The summed E-state index contributed by atoms with van der Waals surface area (Å²) in [7, 11) is 0. The van der Waals surface area contributed by atoms with Crippen LogP contribution < -0.4 is 15.6 Å². The number of aromatic nitrogens is 1. The van der Waals surface area contributed by atoms with Gasteiger partial charge in [-0.25, -0.2) is 4.39 Å². The van der Waals surface area contributed by atoms with E-state index in [9.17, 15) is 14.0 Å². The summed E-state index contributed by atoms with van der Waals surface area (Å²) in [5.74, 6) is 0.165. The van der Waals surface area contributed by atoms with Crippen LogP contribution >= 0.6 is 0 Å². The summed E-state index contributed by atoms with van der Waals surface area (Å²) in [5.41, 5.74) is 2.60. The summed E-state index contributed by atoms with van der Waals surface area (Å²) < 4.78 is 20.4. The fraction of sp³-hybridized carbons (Fsp3) is 0.333. The largest absolute Gasteiger partial charge is 0.484 e. The maximum Gasteiger partial charge on any atom is 0.258 e. The Morgan fingerprint density at radius 2 is 1.87 bits per heavy atom. The lowest BCUT2D eigenvalue weighted by molar-refractivity contribution is -0.123. The Hall–Kier alpha value is -3.15. The number of amides is 1. The third kappa shape index (κ3) is 5.06. The molecule has 0 unspecified atom stereocenters. The zero-order valence-corrected chi connectivity index (χ0v) is 17.6. The molecule has 6 heteroatoms. The van der Waals surface area contributed by atoms with Gasteiger partial charge in [0.1, 0.15) is 11.6 Å². The minimum atomic E-state index is -0.313. The number of nitrogens with zero attached hydrogens (tertiary/aromatic N) is 1. The molecular formula is C24H27FN2O3. The van der Waals surface area contributed by atoms with Crippen LogP contribution in [0.15, 0.2) is 53.3 Å². The Kier molecular flexibility index (Phi) is 6.87. The Balaban J connectivity index is 1.74. The van der Waals surface area contributed by atoms with E-state index in [1.54, 1.807) is 22.8 Å². The second-order valence-electron chi connectivity index (χ2n) is 7.62. The first-order chi connectivity index (χ1) is 14.4. The van der Waals surface area contributed by atoms with Crippen LogP contribution in [0.5, 0.6) is 5.75 Å². The first-order valence-electron chi connectivity index (χ1n) is 10.2. The molecule has 158 valence electrons. The highest BCUT2D eigenvalue weighted by atomic mass is 19.1. The number of aryl methyl sites for hydroxylation is 1. The van der Waals surface area contributed by atoms with Crippen molar-refractivity contribution in [3.05, 3.63) is 75.8 Å². The summed E-state index contributed by atoms with van der Waals surface area (Å²) in [6, 6.07) is 13.3. The standard InChI is InChI=1S/C24H27FN2O3/c1-4-11-27-22-12-19(9-10-20(22)21(16(2)3)13-24(27)29)30-15-23(28)26-14-17-5-7-18(25)8-6-17/h5-10,12-13,16H,4,11,14-15H2,1-3H3,(H,26,28). The van der Waals surface area contributed by atoms with E-state index in [0.717, 1.165) is 28.5 Å². The molecule has 2 aromatic carbocycles. The maximum absolute atomic E-state index is 12.9. The highest BCUT2D eigenvalue weighted by Crippen LogP contribution is 2.27. The van der Waals surface area contributed by atoms with E-state index >= 15 is 0 Å². The second-order valence-corrected chi connectivity index (χ2v) is 7.62. The lowest BCUT2D eigenvalue weighted by atomic mass is 9.98. The molecular weight excluding hydrogens is 383 g/mol. The highest BCUT2D eigenvalue weighted by Gasteiger charge is 2.13. The van der Waals surface area contributed by atoms with Crippen molar-refractivity contribution in [2.24, 2.45) is 0 Å². The zero-order valence-electron chi connectivity index (χ0n) is 17.6. The molecule has 0 radical (unpaired) electrons. The van der Waals surface area contributed by atoms with Crippen LogP contribution in [0.4, 0.5) is 4.39 Å². The second kappa shape index (κ2) is 9.57. The van der Waals surface area contributed by atoms with Gasteiger partial charge in [0.15, 0.2) is 6.61 Å². The maximum atomic E-state index is 12.9. The van der Waals surface area contributed by atoms with Gasteiger partial charge < -0.3 is 14.6 Å². The predicted octanol–water partition coefficient (Wildman–Crippen LogP) is 4.37. The molecule has 1 N–H and O–H groups in total. The number of carbonyl (C=O) groups is 1. The smallest absolute Gasteiger partial charge is 0.258 e. The van der Waals surface area contributed by atoms with Gasteiger partial charge in [0, 0.05) is 30.6 Å². The molecule has 1 aromatic heterocycles. The fourth-order valence-corrected chi connectivity index (χ4v) is 3.41. The third-order valence-corrected chi connectivity index (χ3v) is 4.96. The first-order valence-corrected chi connectivity index (χ1v) is 10.2. The van der Waals surface area contributed by atoms with Crippen molar-refractivity contribution in [2.75, 3.05) is 6.61 Å². The monoisotopic (exact) mass is 410 g/mol. The molecule has 0 spiro atoms. The molecule has 1 amide bonds. The van der Waals surface area contributed by atoms with Crippen LogP contribution in [-0.2, 0) is 17.9 Å². The van der Waals surface area contributed by atoms with Gasteiger partial charge in [-0.2, -0.15) is 0 Å². The number of fused-ring (bicyclic) bond motifs is 1. The van der Waals surface area contributed by atoms with Crippen molar-refractivity contribution in [3.8, 4) is 5.75 Å². The van der Waals surface area contributed by atoms with Crippen molar-refractivity contribution < 1.29 is 13.9 Å². The fourth-order valence-electron chi connectivity index (χ4n) is 3.41. The SMILES string of the molecule is CCCn1c(=O)cc(C(C)C)c2ccc(OCC(=O)NCc3ccc(F)cc3)cc21. The van der Waals surface area contributed by atoms with Crippen molar-refractivity contribution in [1.82, 2.24) is 9.88 Å². The number of benzene rings is 2. The number of pyridine rings is 1. The molecule has 0 saturated carbocycles. The van der Waals surface area contributed by atoms with Crippen LogP contribution in [0.2, 0.25) is 0 Å². The minimum absolute atomic E-state index is 0.0257. The minimum Gasteiger partial charge on any atom is -0.484 e. The van der Waals surface area contributed by atoms with Crippen molar-refractivity contribution in [1.29, 1.82) is 0 Å². The van der Waals surface area contributed by atoms with E-state index in [-0.39, 0.29) is 29.8 Å². The van der Waals surface area contributed by atoms with Crippen LogP contribution in [-0.4, -0.2) is 17.1 Å². The summed E-state index contributed by atoms with van der Waals surface area (Å²) >= 11 is 0. The Morgan fingerprint density at radius 1 is 1.13 bits per heavy atom. The highest BCUT2D eigenvalue weighted by molar-refractivity contribution is 5.84. The van der Waals surface area contributed by atoms with E-state index in [1.165, 1.54) is 12.1 Å². The van der Waals surface area contributed by atoms with E-state index in [0.29, 0.717) is 18.8 Å². The summed E-state index contributed by atoms with van der Waals surface area (Å²) in [6.07, 6.45) is 0.840.